The highest BCUT2D eigenvalue weighted by Gasteiger charge is 2.04. The van der Waals surface area contributed by atoms with Crippen molar-refractivity contribution in [3.63, 3.8) is 0 Å². The Morgan fingerprint density at radius 1 is 1.57 bits per heavy atom. The number of hydrogen-bond donors (Lipinski definition) is 2. The molecule has 1 atom stereocenters. The van der Waals surface area contributed by atoms with Crippen LogP contribution >= 0.6 is 0 Å². The van der Waals surface area contributed by atoms with Crippen LogP contribution in [-0.2, 0) is 6.42 Å². The average molecular weight is 190 g/mol. The number of aryl methyl sites for hydroxylation is 1. The summed E-state index contributed by atoms with van der Waals surface area (Å²) in [4.78, 5) is 0. The molecule has 0 bridgehead atoms. The molecule has 0 radical (unpaired) electrons. The molecule has 74 valence electrons. The number of nitriles is 1. The summed E-state index contributed by atoms with van der Waals surface area (Å²) in [6.45, 7) is 1.88. The van der Waals surface area contributed by atoms with Crippen molar-refractivity contribution in [2.75, 3.05) is 6.61 Å². The lowest BCUT2D eigenvalue weighted by molar-refractivity contribution is 0.265. The van der Waals surface area contributed by atoms with Crippen LogP contribution in [0, 0.1) is 18.3 Å². The van der Waals surface area contributed by atoms with Gasteiger partial charge in [0.1, 0.15) is 0 Å². The zero-order chi connectivity index (χ0) is 10.6. The summed E-state index contributed by atoms with van der Waals surface area (Å²) in [7, 11) is 0. The van der Waals surface area contributed by atoms with Gasteiger partial charge in [-0.25, -0.2) is 0 Å². The average Bonchev–Trinajstić information content (AvgIpc) is 2.18. The lowest BCUT2D eigenvalue weighted by Gasteiger charge is -2.08. The first-order valence-electron chi connectivity index (χ1n) is 4.53. The minimum Gasteiger partial charge on any atom is -0.395 e. The van der Waals surface area contributed by atoms with E-state index in [-0.39, 0.29) is 12.6 Å². The van der Waals surface area contributed by atoms with Crippen molar-refractivity contribution < 1.29 is 5.11 Å². The Hall–Kier alpha value is -1.37. The van der Waals surface area contributed by atoms with E-state index in [0.29, 0.717) is 12.0 Å². The van der Waals surface area contributed by atoms with Gasteiger partial charge in [0.05, 0.1) is 18.2 Å². The Balaban J connectivity index is 2.82. The Labute approximate surface area is 83.8 Å². The van der Waals surface area contributed by atoms with Crippen LogP contribution in [0.15, 0.2) is 18.2 Å². The second kappa shape index (κ2) is 4.75. The van der Waals surface area contributed by atoms with Gasteiger partial charge in [0.25, 0.3) is 0 Å². The molecule has 0 aromatic heterocycles. The maximum Gasteiger partial charge on any atom is 0.0994 e. The lowest BCUT2D eigenvalue weighted by atomic mass is 10.0. The predicted octanol–water partition coefficient (Wildman–Crippen LogP) is 0.729. The molecule has 1 aromatic rings. The van der Waals surface area contributed by atoms with Gasteiger partial charge < -0.3 is 10.8 Å². The summed E-state index contributed by atoms with van der Waals surface area (Å²) in [5.74, 6) is 0. The smallest absolute Gasteiger partial charge is 0.0994 e. The number of hydrogen-bond acceptors (Lipinski definition) is 3. The quantitative estimate of drug-likeness (QED) is 0.738. The molecule has 3 N–H and O–H groups in total. The first-order valence-corrected chi connectivity index (χ1v) is 4.53. The summed E-state index contributed by atoms with van der Waals surface area (Å²) in [6.07, 6.45) is 0.642. The molecule has 3 nitrogen and oxygen atoms in total. The van der Waals surface area contributed by atoms with E-state index in [0.717, 1.165) is 11.1 Å². The molecule has 1 aromatic carbocycles. The van der Waals surface area contributed by atoms with Crippen molar-refractivity contribution >= 4 is 0 Å². The van der Waals surface area contributed by atoms with Gasteiger partial charge >= 0.3 is 0 Å². The van der Waals surface area contributed by atoms with Crippen molar-refractivity contribution in [2.45, 2.75) is 19.4 Å². The van der Waals surface area contributed by atoms with Crippen molar-refractivity contribution in [3.8, 4) is 6.07 Å². The molecule has 0 heterocycles. The molecular formula is C11H14N2O. The third-order valence-corrected chi connectivity index (χ3v) is 2.14. The highest BCUT2D eigenvalue weighted by atomic mass is 16.3. The van der Waals surface area contributed by atoms with Crippen LogP contribution in [0.1, 0.15) is 16.7 Å². The highest BCUT2D eigenvalue weighted by Crippen LogP contribution is 2.11. The zero-order valence-electron chi connectivity index (χ0n) is 8.20. The monoisotopic (exact) mass is 190 g/mol. The van der Waals surface area contributed by atoms with E-state index in [4.69, 9.17) is 16.1 Å². The Morgan fingerprint density at radius 2 is 2.29 bits per heavy atom. The maximum atomic E-state index is 8.79. The highest BCUT2D eigenvalue weighted by molar-refractivity contribution is 5.39. The van der Waals surface area contributed by atoms with Crippen LogP contribution in [0.5, 0.6) is 0 Å². The van der Waals surface area contributed by atoms with Gasteiger partial charge in [0.2, 0.25) is 0 Å². The first-order chi connectivity index (χ1) is 6.67. The van der Waals surface area contributed by atoms with Gasteiger partial charge in [0.15, 0.2) is 0 Å². The molecule has 3 heteroatoms. The Kier molecular flexibility index (Phi) is 3.63. The third kappa shape index (κ3) is 2.56. The second-order valence-electron chi connectivity index (χ2n) is 3.41. The van der Waals surface area contributed by atoms with E-state index < -0.39 is 0 Å². The normalized spacial score (nSPS) is 12.1. The number of rotatable bonds is 3. The predicted molar refractivity (Wildman–Crippen MR) is 54.7 cm³/mol. The van der Waals surface area contributed by atoms with Gasteiger partial charge in [-0.05, 0) is 30.5 Å². The molecule has 0 amide bonds. The summed E-state index contributed by atoms with van der Waals surface area (Å²) in [5, 5.41) is 17.5. The van der Waals surface area contributed by atoms with Crippen LogP contribution in [0.4, 0.5) is 0 Å². The summed E-state index contributed by atoms with van der Waals surface area (Å²) >= 11 is 0. The number of aliphatic hydroxyl groups is 1. The number of aliphatic hydroxyl groups excluding tert-OH is 1. The third-order valence-electron chi connectivity index (χ3n) is 2.14. The molecule has 14 heavy (non-hydrogen) atoms. The first kappa shape index (κ1) is 10.7. The maximum absolute atomic E-state index is 8.79. The fourth-order valence-corrected chi connectivity index (χ4v) is 1.35. The molecule has 0 saturated carbocycles. The van der Waals surface area contributed by atoms with E-state index >= 15 is 0 Å². The molecule has 0 aliphatic rings. The van der Waals surface area contributed by atoms with E-state index in [9.17, 15) is 0 Å². The largest absolute Gasteiger partial charge is 0.395 e. The van der Waals surface area contributed by atoms with Crippen LogP contribution in [-0.4, -0.2) is 17.8 Å². The molecule has 0 aliphatic carbocycles. The van der Waals surface area contributed by atoms with E-state index in [1.165, 1.54) is 0 Å². The minimum absolute atomic E-state index is 0.0148. The fourth-order valence-electron chi connectivity index (χ4n) is 1.35. The van der Waals surface area contributed by atoms with Crippen LogP contribution in [0.2, 0.25) is 0 Å². The van der Waals surface area contributed by atoms with E-state index in [1.54, 1.807) is 6.07 Å². The van der Waals surface area contributed by atoms with Gasteiger partial charge in [-0.3, -0.25) is 0 Å². The number of benzene rings is 1. The molecule has 0 fully saturated rings. The van der Waals surface area contributed by atoms with Crippen LogP contribution in [0.25, 0.3) is 0 Å². The van der Waals surface area contributed by atoms with Crippen LogP contribution < -0.4 is 5.73 Å². The molecule has 0 saturated heterocycles. The van der Waals surface area contributed by atoms with Crippen molar-refractivity contribution in [3.05, 3.63) is 34.9 Å². The topological polar surface area (TPSA) is 70.0 Å². The van der Waals surface area contributed by atoms with Crippen LogP contribution in [0.3, 0.4) is 0 Å². The standard InChI is InChI=1S/C11H14N2O/c1-8-4-9(5-11(13)7-14)2-3-10(8)6-12/h2-4,11,14H,5,7,13H2,1H3. The lowest BCUT2D eigenvalue weighted by Crippen LogP contribution is -2.26. The van der Waals surface area contributed by atoms with Gasteiger partial charge in [0, 0.05) is 6.04 Å². The summed E-state index contributed by atoms with van der Waals surface area (Å²) in [5.41, 5.74) is 8.31. The molecule has 1 unspecified atom stereocenters. The van der Waals surface area contributed by atoms with Crippen molar-refractivity contribution in [1.29, 1.82) is 5.26 Å². The Morgan fingerprint density at radius 3 is 2.79 bits per heavy atom. The zero-order valence-corrected chi connectivity index (χ0v) is 8.20. The minimum atomic E-state index is -0.220. The van der Waals surface area contributed by atoms with Gasteiger partial charge in [-0.1, -0.05) is 12.1 Å². The Bertz CT molecular complexity index is 355. The molecular weight excluding hydrogens is 176 g/mol. The van der Waals surface area contributed by atoms with Gasteiger partial charge in [-0.2, -0.15) is 5.26 Å². The fraction of sp³-hybridized carbons (Fsp3) is 0.364. The summed E-state index contributed by atoms with van der Waals surface area (Å²) < 4.78 is 0. The van der Waals surface area contributed by atoms with Gasteiger partial charge in [-0.15, -0.1) is 0 Å². The molecule has 1 rings (SSSR count). The summed E-state index contributed by atoms with van der Waals surface area (Å²) in [6, 6.07) is 7.49. The van der Waals surface area contributed by atoms with Crippen molar-refractivity contribution in [2.24, 2.45) is 5.73 Å². The molecule has 0 spiro atoms. The molecule has 0 aliphatic heterocycles. The second-order valence-corrected chi connectivity index (χ2v) is 3.41. The van der Waals surface area contributed by atoms with Crippen molar-refractivity contribution in [1.82, 2.24) is 0 Å². The SMILES string of the molecule is Cc1cc(CC(N)CO)ccc1C#N. The van der Waals surface area contributed by atoms with E-state index in [1.807, 2.05) is 19.1 Å². The number of nitrogens with zero attached hydrogens (tertiary/aromatic N) is 1. The number of nitrogens with two attached hydrogens (primary N) is 1. The van der Waals surface area contributed by atoms with E-state index in [2.05, 4.69) is 6.07 Å².